The van der Waals surface area contributed by atoms with E-state index < -0.39 is 0 Å². The van der Waals surface area contributed by atoms with Crippen LogP contribution in [-0.4, -0.2) is 0 Å². The summed E-state index contributed by atoms with van der Waals surface area (Å²) in [5.74, 6) is 0.206. The molecule has 0 saturated carbocycles. The fourth-order valence-electron chi connectivity index (χ4n) is 1.72. The second-order valence-electron chi connectivity index (χ2n) is 6.18. The third-order valence-electron chi connectivity index (χ3n) is 2.63. The molecule has 0 atom stereocenters. The molecule has 1 aromatic rings. The van der Waals surface area contributed by atoms with Crippen molar-refractivity contribution in [3.8, 4) is 5.75 Å². The maximum Gasteiger partial charge on any atom is 1.00 e. The molecule has 84 valence electrons. The first-order chi connectivity index (χ1) is 6.64. The van der Waals surface area contributed by atoms with Crippen LogP contribution < -0.4 is 24.0 Å². The normalized spacial score (nSPS) is 12.1. The standard InChI is InChI=1S/C14H22O.Li/c1-13(2,3)10-8-7-9-11(12(10)15)14(4,5)6;/h7-9,15H,1-6H3;/q;+1/p-1. The zero-order chi connectivity index (χ0) is 11.9. The summed E-state index contributed by atoms with van der Waals surface area (Å²) >= 11 is 0. The molecule has 0 aliphatic heterocycles. The maximum absolute atomic E-state index is 12.3. The molecule has 0 unspecified atom stereocenters. The fourth-order valence-corrected chi connectivity index (χ4v) is 1.72. The molecule has 1 rings (SSSR count). The van der Waals surface area contributed by atoms with Crippen LogP contribution in [0.5, 0.6) is 5.75 Å². The Balaban J connectivity index is 0.00000225. The first-order valence-corrected chi connectivity index (χ1v) is 5.45. The largest absolute Gasteiger partial charge is 1.00 e. The first-order valence-electron chi connectivity index (χ1n) is 5.45. The summed E-state index contributed by atoms with van der Waals surface area (Å²) in [5, 5.41) is 12.3. The quantitative estimate of drug-likeness (QED) is 0.569. The Bertz CT molecular complexity index is 324. The minimum Gasteiger partial charge on any atom is -0.872 e. The van der Waals surface area contributed by atoms with E-state index in [9.17, 15) is 5.11 Å². The zero-order valence-electron chi connectivity index (χ0n) is 11.6. The maximum atomic E-state index is 12.3. The van der Waals surface area contributed by atoms with Crippen molar-refractivity contribution >= 4 is 0 Å². The molecule has 1 aromatic carbocycles. The molecule has 0 spiro atoms. The van der Waals surface area contributed by atoms with E-state index in [1.165, 1.54) is 0 Å². The molecule has 2 heteroatoms. The van der Waals surface area contributed by atoms with E-state index in [1.807, 2.05) is 18.2 Å². The Labute approximate surface area is 111 Å². The van der Waals surface area contributed by atoms with Gasteiger partial charge in [-0.1, -0.05) is 70.9 Å². The van der Waals surface area contributed by atoms with Crippen molar-refractivity contribution < 1.29 is 24.0 Å². The molecular weight excluding hydrogens is 191 g/mol. The van der Waals surface area contributed by atoms with E-state index in [0.29, 0.717) is 0 Å². The molecule has 0 aliphatic carbocycles. The van der Waals surface area contributed by atoms with Crippen molar-refractivity contribution in [2.75, 3.05) is 0 Å². The summed E-state index contributed by atoms with van der Waals surface area (Å²) in [6.45, 7) is 12.5. The van der Waals surface area contributed by atoms with Gasteiger partial charge in [-0.05, 0) is 10.8 Å². The van der Waals surface area contributed by atoms with E-state index in [4.69, 9.17) is 0 Å². The molecule has 16 heavy (non-hydrogen) atoms. The molecule has 0 saturated heterocycles. The van der Waals surface area contributed by atoms with Gasteiger partial charge in [0, 0.05) is 0 Å². The van der Waals surface area contributed by atoms with Crippen LogP contribution in [0.2, 0.25) is 0 Å². The number of para-hydroxylation sites is 1. The van der Waals surface area contributed by atoms with Crippen LogP contribution in [0.1, 0.15) is 52.7 Å². The number of benzene rings is 1. The van der Waals surface area contributed by atoms with Gasteiger partial charge in [-0.25, -0.2) is 0 Å². The van der Waals surface area contributed by atoms with Crippen molar-refractivity contribution in [2.24, 2.45) is 0 Å². The molecular formula is C14H21LiO. The summed E-state index contributed by atoms with van der Waals surface area (Å²) in [6, 6.07) is 5.87. The van der Waals surface area contributed by atoms with E-state index in [0.717, 1.165) is 11.1 Å². The van der Waals surface area contributed by atoms with Crippen LogP contribution in [-0.2, 0) is 10.8 Å². The first kappa shape index (κ1) is 15.6. The summed E-state index contributed by atoms with van der Waals surface area (Å²) < 4.78 is 0. The second kappa shape index (κ2) is 4.86. The van der Waals surface area contributed by atoms with Gasteiger partial charge in [0.1, 0.15) is 0 Å². The van der Waals surface area contributed by atoms with E-state index >= 15 is 0 Å². The molecule has 0 N–H and O–H groups in total. The second-order valence-corrected chi connectivity index (χ2v) is 6.18. The van der Waals surface area contributed by atoms with Crippen molar-refractivity contribution in [3.63, 3.8) is 0 Å². The minimum atomic E-state index is -0.0711. The van der Waals surface area contributed by atoms with E-state index in [-0.39, 0.29) is 35.4 Å². The summed E-state index contributed by atoms with van der Waals surface area (Å²) in [7, 11) is 0. The Hall–Kier alpha value is -0.383. The van der Waals surface area contributed by atoms with Crippen LogP contribution in [0.25, 0.3) is 0 Å². The zero-order valence-corrected chi connectivity index (χ0v) is 11.6. The average Bonchev–Trinajstić information content (AvgIpc) is 1.99. The van der Waals surface area contributed by atoms with Gasteiger partial charge in [-0.15, -0.1) is 5.75 Å². The Morgan fingerprint density at radius 2 is 1.12 bits per heavy atom. The molecule has 0 amide bonds. The van der Waals surface area contributed by atoms with Crippen molar-refractivity contribution in [1.82, 2.24) is 0 Å². The van der Waals surface area contributed by atoms with Crippen LogP contribution in [0.15, 0.2) is 18.2 Å². The smallest absolute Gasteiger partial charge is 0.872 e. The van der Waals surface area contributed by atoms with Crippen LogP contribution in [0.3, 0.4) is 0 Å². The Morgan fingerprint density at radius 3 is 1.38 bits per heavy atom. The molecule has 0 heterocycles. The van der Waals surface area contributed by atoms with Crippen LogP contribution in [0.4, 0.5) is 0 Å². The summed E-state index contributed by atoms with van der Waals surface area (Å²) in [6.07, 6.45) is 0. The number of rotatable bonds is 0. The van der Waals surface area contributed by atoms with Gasteiger partial charge in [-0.3, -0.25) is 0 Å². The van der Waals surface area contributed by atoms with Gasteiger partial charge in [0.25, 0.3) is 0 Å². The SMILES string of the molecule is CC(C)(C)c1cccc(C(C)(C)C)c1[O-].[Li+]. The molecule has 0 radical (unpaired) electrons. The number of hydrogen-bond acceptors (Lipinski definition) is 1. The van der Waals surface area contributed by atoms with Gasteiger partial charge in [0.15, 0.2) is 0 Å². The van der Waals surface area contributed by atoms with Crippen molar-refractivity contribution in [3.05, 3.63) is 29.3 Å². The third-order valence-corrected chi connectivity index (χ3v) is 2.63. The van der Waals surface area contributed by atoms with Crippen LogP contribution in [0, 0.1) is 0 Å². The molecule has 0 aliphatic rings. The summed E-state index contributed by atoms with van der Waals surface area (Å²) in [5.41, 5.74) is 1.68. The number of hydrogen-bond donors (Lipinski definition) is 0. The topological polar surface area (TPSA) is 23.1 Å². The minimum absolute atomic E-state index is 0. The predicted molar refractivity (Wildman–Crippen MR) is 63.3 cm³/mol. The van der Waals surface area contributed by atoms with Crippen molar-refractivity contribution in [2.45, 2.75) is 52.4 Å². The summed E-state index contributed by atoms with van der Waals surface area (Å²) in [4.78, 5) is 0. The van der Waals surface area contributed by atoms with Gasteiger partial charge < -0.3 is 5.11 Å². The van der Waals surface area contributed by atoms with Gasteiger partial charge >= 0.3 is 18.9 Å². The fraction of sp³-hybridized carbons (Fsp3) is 0.571. The van der Waals surface area contributed by atoms with E-state index in [1.54, 1.807) is 0 Å². The monoisotopic (exact) mass is 212 g/mol. The Morgan fingerprint density at radius 1 is 0.812 bits per heavy atom. The molecule has 0 fully saturated rings. The van der Waals surface area contributed by atoms with Crippen molar-refractivity contribution in [1.29, 1.82) is 0 Å². The van der Waals surface area contributed by atoms with Gasteiger partial charge in [0.2, 0.25) is 0 Å². The molecule has 0 aromatic heterocycles. The third kappa shape index (κ3) is 3.30. The predicted octanol–water partition coefficient (Wildman–Crippen LogP) is 0.359. The van der Waals surface area contributed by atoms with E-state index in [2.05, 4.69) is 41.5 Å². The van der Waals surface area contributed by atoms with Gasteiger partial charge in [0.05, 0.1) is 0 Å². The Kier molecular flexibility index (Phi) is 4.74. The molecule has 1 nitrogen and oxygen atoms in total. The van der Waals surface area contributed by atoms with Crippen LogP contribution >= 0.6 is 0 Å². The van der Waals surface area contributed by atoms with Gasteiger partial charge in [-0.2, -0.15) is 0 Å². The molecule has 0 bridgehead atoms. The average molecular weight is 212 g/mol.